The van der Waals surface area contributed by atoms with E-state index in [0.29, 0.717) is 11.8 Å². The lowest BCUT2D eigenvalue weighted by molar-refractivity contribution is -0.155. The van der Waals surface area contributed by atoms with Crippen molar-refractivity contribution in [2.45, 2.75) is 42.8 Å². The lowest BCUT2D eigenvalue weighted by Gasteiger charge is -2.59. The second-order valence-corrected chi connectivity index (χ2v) is 11.1. The summed E-state index contributed by atoms with van der Waals surface area (Å²) in [6.07, 6.45) is 6.57. The van der Waals surface area contributed by atoms with Gasteiger partial charge in [-0.1, -0.05) is 28.1 Å². The molecule has 5 rings (SSSR count). The zero-order chi connectivity index (χ0) is 18.5. The highest BCUT2D eigenvalue weighted by Gasteiger charge is 2.60. The molecule has 1 aromatic carbocycles. The van der Waals surface area contributed by atoms with Crippen LogP contribution in [-0.2, 0) is 9.59 Å². The molecule has 1 aromatic rings. The van der Waals surface area contributed by atoms with Crippen molar-refractivity contribution in [2.75, 3.05) is 18.9 Å². The van der Waals surface area contributed by atoms with Gasteiger partial charge in [0.05, 0.1) is 17.6 Å². The molecule has 0 aliphatic heterocycles. The standard InChI is InChI=1S/C20H24Br2N2O2/c1-24(11-17(25)23-16-5-3-2-4-15(16)21)18(26)19-7-13-6-14(8-19)10-20(22,9-13)12-19/h2-5,13-14H,6-12H2,1H3,(H,23,25). The van der Waals surface area contributed by atoms with Crippen molar-refractivity contribution in [1.82, 2.24) is 4.90 Å². The van der Waals surface area contributed by atoms with Gasteiger partial charge in [-0.15, -0.1) is 0 Å². The molecule has 0 heterocycles. The summed E-state index contributed by atoms with van der Waals surface area (Å²) in [5.74, 6) is 1.30. The van der Waals surface area contributed by atoms with E-state index in [1.165, 1.54) is 19.3 Å². The van der Waals surface area contributed by atoms with Gasteiger partial charge in [0.2, 0.25) is 11.8 Å². The van der Waals surface area contributed by atoms with Crippen molar-refractivity contribution in [3.8, 4) is 0 Å². The molecule has 4 fully saturated rings. The number of halogens is 2. The van der Waals surface area contributed by atoms with Gasteiger partial charge in [-0.05, 0) is 78.4 Å². The van der Waals surface area contributed by atoms with Crippen molar-refractivity contribution >= 4 is 49.4 Å². The monoisotopic (exact) mass is 482 g/mol. The van der Waals surface area contributed by atoms with Crippen LogP contribution in [0.5, 0.6) is 0 Å². The molecule has 0 saturated heterocycles. The first-order valence-electron chi connectivity index (χ1n) is 9.27. The normalized spacial score (nSPS) is 34.6. The lowest BCUT2D eigenvalue weighted by Crippen LogP contribution is -2.58. The predicted molar refractivity (Wildman–Crippen MR) is 109 cm³/mol. The van der Waals surface area contributed by atoms with E-state index in [9.17, 15) is 9.59 Å². The fraction of sp³-hybridized carbons (Fsp3) is 0.600. The fourth-order valence-corrected chi connectivity index (χ4v) is 7.68. The maximum absolute atomic E-state index is 13.3. The molecule has 4 saturated carbocycles. The SMILES string of the molecule is CN(CC(=O)Nc1ccccc1Br)C(=O)C12CC3CC(CC(Br)(C3)C1)C2. The van der Waals surface area contributed by atoms with E-state index in [-0.39, 0.29) is 28.1 Å². The minimum absolute atomic E-state index is 0.0898. The Bertz CT molecular complexity index is 737. The summed E-state index contributed by atoms with van der Waals surface area (Å²) in [6.45, 7) is 0.0898. The first-order valence-corrected chi connectivity index (χ1v) is 10.9. The topological polar surface area (TPSA) is 49.4 Å². The second-order valence-electron chi connectivity index (χ2n) is 8.58. The van der Waals surface area contributed by atoms with Crippen molar-refractivity contribution in [3.63, 3.8) is 0 Å². The van der Waals surface area contributed by atoms with Crippen molar-refractivity contribution in [3.05, 3.63) is 28.7 Å². The number of nitrogens with zero attached hydrogens (tertiary/aromatic N) is 1. The summed E-state index contributed by atoms with van der Waals surface area (Å²) in [5, 5.41) is 2.89. The molecule has 140 valence electrons. The highest BCUT2D eigenvalue weighted by Crippen LogP contribution is 2.64. The number of para-hydroxylation sites is 1. The maximum atomic E-state index is 13.3. The molecule has 26 heavy (non-hydrogen) atoms. The molecule has 0 spiro atoms. The van der Waals surface area contributed by atoms with Crippen LogP contribution >= 0.6 is 31.9 Å². The van der Waals surface area contributed by atoms with E-state index in [2.05, 4.69) is 37.2 Å². The first-order chi connectivity index (χ1) is 12.3. The van der Waals surface area contributed by atoms with Gasteiger partial charge in [0.15, 0.2) is 0 Å². The molecule has 0 aromatic heterocycles. The number of amides is 2. The third-order valence-electron chi connectivity index (χ3n) is 6.32. The van der Waals surface area contributed by atoms with E-state index >= 15 is 0 Å². The minimum Gasteiger partial charge on any atom is -0.336 e. The number of likely N-dealkylation sites (N-methyl/N-ethyl adjacent to an activating group) is 1. The molecule has 2 atom stereocenters. The summed E-state index contributed by atoms with van der Waals surface area (Å²) in [4.78, 5) is 27.4. The van der Waals surface area contributed by atoms with Gasteiger partial charge in [-0.25, -0.2) is 0 Å². The zero-order valence-electron chi connectivity index (χ0n) is 14.9. The molecular weight excluding hydrogens is 460 g/mol. The first kappa shape index (κ1) is 18.5. The zero-order valence-corrected chi connectivity index (χ0v) is 18.1. The van der Waals surface area contributed by atoms with E-state index in [1.807, 2.05) is 24.3 Å². The highest BCUT2D eigenvalue weighted by atomic mass is 79.9. The van der Waals surface area contributed by atoms with Gasteiger partial charge < -0.3 is 10.2 Å². The molecule has 2 unspecified atom stereocenters. The molecule has 4 bridgehead atoms. The number of anilines is 1. The largest absolute Gasteiger partial charge is 0.336 e. The van der Waals surface area contributed by atoms with Crippen molar-refractivity contribution in [2.24, 2.45) is 17.3 Å². The Morgan fingerprint density at radius 2 is 1.85 bits per heavy atom. The molecule has 1 N–H and O–H groups in total. The Balaban J connectivity index is 1.43. The number of alkyl halides is 1. The molecule has 4 nitrogen and oxygen atoms in total. The maximum Gasteiger partial charge on any atom is 0.244 e. The highest BCUT2D eigenvalue weighted by molar-refractivity contribution is 9.10. The average molecular weight is 484 g/mol. The van der Waals surface area contributed by atoms with Gasteiger partial charge in [-0.3, -0.25) is 9.59 Å². The lowest BCUT2D eigenvalue weighted by atomic mass is 9.49. The van der Waals surface area contributed by atoms with Gasteiger partial charge in [-0.2, -0.15) is 0 Å². The number of carbonyl (C=O) groups excluding carboxylic acids is 2. The summed E-state index contributed by atoms with van der Waals surface area (Å²) in [6, 6.07) is 7.51. The van der Waals surface area contributed by atoms with Crippen LogP contribution in [0.1, 0.15) is 38.5 Å². The van der Waals surface area contributed by atoms with Gasteiger partial charge >= 0.3 is 0 Å². The molecule has 0 radical (unpaired) electrons. The minimum atomic E-state index is -0.268. The number of carbonyl (C=O) groups is 2. The van der Waals surface area contributed by atoms with E-state index < -0.39 is 0 Å². The third kappa shape index (κ3) is 3.35. The Labute approximate surface area is 171 Å². The number of hydrogen-bond acceptors (Lipinski definition) is 2. The second kappa shape index (κ2) is 6.62. The van der Waals surface area contributed by atoms with Crippen LogP contribution in [0.2, 0.25) is 0 Å². The van der Waals surface area contributed by atoms with Crippen LogP contribution in [0.25, 0.3) is 0 Å². The van der Waals surface area contributed by atoms with Gasteiger partial charge in [0.25, 0.3) is 0 Å². The van der Waals surface area contributed by atoms with E-state index in [4.69, 9.17) is 0 Å². The Kier molecular flexibility index (Phi) is 4.71. The van der Waals surface area contributed by atoms with Crippen LogP contribution in [-0.4, -0.2) is 34.6 Å². The smallest absolute Gasteiger partial charge is 0.244 e. The van der Waals surface area contributed by atoms with Gasteiger partial charge in [0.1, 0.15) is 0 Å². The molecule has 4 aliphatic carbocycles. The van der Waals surface area contributed by atoms with Crippen molar-refractivity contribution < 1.29 is 9.59 Å². The van der Waals surface area contributed by atoms with Crippen LogP contribution in [0, 0.1) is 17.3 Å². The van der Waals surface area contributed by atoms with Crippen LogP contribution in [0.15, 0.2) is 28.7 Å². The number of rotatable bonds is 4. The van der Waals surface area contributed by atoms with E-state index in [0.717, 1.165) is 29.4 Å². The quantitative estimate of drug-likeness (QED) is 0.637. The predicted octanol–water partition coefficient (Wildman–Crippen LogP) is 4.58. The molecule has 4 aliphatic rings. The van der Waals surface area contributed by atoms with E-state index in [1.54, 1.807) is 11.9 Å². The number of hydrogen-bond donors (Lipinski definition) is 1. The summed E-state index contributed by atoms with van der Waals surface area (Å²) in [7, 11) is 1.77. The summed E-state index contributed by atoms with van der Waals surface area (Å²) in [5.41, 5.74) is 0.461. The molecular formula is C20H24Br2N2O2. The van der Waals surface area contributed by atoms with Gasteiger partial charge in [0, 0.05) is 15.8 Å². The Morgan fingerprint density at radius 1 is 1.19 bits per heavy atom. The number of benzene rings is 1. The Hall–Kier alpha value is -0.880. The third-order valence-corrected chi connectivity index (χ3v) is 7.94. The molecule has 6 heteroatoms. The average Bonchev–Trinajstić information content (AvgIpc) is 2.54. The number of nitrogens with one attached hydrogen (secondary N) is 1. The van der Waals surface area contributed by atoms with Crippen molar-refractivity contribution in [1.29, 1.82) is 0 Å². The van der Waals surface area contributed by atoms with Crippen LogP contribution < -0.4 is 5.32 Å². The molecule has 2 amide bonds. The Morgan fingerprint density at radius 3 is 2.46 bits per heavy atom. The van der Waals surface area contributed by atoms with Crippen LogP contribution in [0.4, 0.5) is 5.69 Å². The summed E-state index contributed by atoms with van der Waals surface area (Å²) < 4.78 is 0.981. The van der Waals surface area contributed by atoms with Crippen LogP contribution in [0.3, 0.4) is 0 Å². The fourth-order valence-electron chi connectivity index (χ4n) is 5.85. The summed E-state index contributed by atoms with van der Waals surface area (Å²) >= 11 is 7.39.